The zero-order valence-corrected chi connectivity index (χ0v) is 15.1. The number of ether oxygens (including phenoxy) is 1. The molecule has 0 spiro atoms. The Morgan fingerprint density at radius 2 is 2.04 bits per heavy atom. The summed E-state index contributed by atoms with van der Waals surface area (Å²) in [5.74, 6) is 0.797. The van der Waals surface area contributed by atoms with E-state index >= 15 is 0 Å². The second-order valence-electron chi connectivity index (χ2n) is 6.76. The van der Waals surface area contributed by atoms with Crippen molar-refractivity contribution in [3.8, 4) is 5.75 Å². The fraction of sp³-hybridized carbons (Fsp3) is 0.611. The normalized spacial score (nSPS) is 11.5. The molecule has 0 saturated carbocycles. The van der Waals surface area contributed by atoms with Crippen LogP contribution in [0.1, 0.15) is 45.7 Å². The summed E-state index contributed by atoms with van der Waals surface area (Å²) < 4.78 is 5.82. The fourth-order valence-electron chi connectivity index (χ4n) is 2.25. The smallest absolute Gasteiger partial charge is 0.317 e. The van der Waals surface area contributed by atoms with E-state index in [2.05, 4.69) is 5.32 Å². The number of hydrogen-bond acceptors (Lipinski definition) is 3. The van der Waals surface area contributed by atoms with Gasteiger partial charge in [-0.3, -0.25) is 0 Å². The number of carbonyl (C=O) groups is 1. The molecule has 0 heterocycles. The van der Waals surface area contributed by atoms with E-state index in [0.29, 0.717) is 19.6 Å². The number of hydrogen-bond donors (Lipinski definition) is 2. The van der Waals surface area contributed by atoms with Gasteiger partial charge in [0.1, 0.15) is 5.75 Å². The third-order valence-electron chi connectivity index (χ3n) is 3.26. The highest BCUT2D eigenvalue weighted by Crippen LogP contribution is 2.21. The SMILES string of the molecule is CCN(CC(C)(C)O)C(=O)NCc1ccc(C)cc1OC(C)C. The minimum atomic E-state index is -0.914. The maximum atomic E-state index is 12.3. The summed E-state index contributed by atoms with van der Waals surface area (Å²) in [7, 11) is 0. The fourth-order valence-corrected chi connectivity index (χ4v) is 2.25. The number of nitrogens with one attached hydrogen (secondary N) is 1. The maximum Gasteiger partial charge on any atom is 0.317 e. The van der Waals surface area contributed by atoms with Crippen LogP contribution in [0.2, 0.25) is 0 Å². The van der Waals surface area contributed by atoms with Crippen LogP contribution in [0.25, 0.3) is 0 Å². The number of nitrogens with zero attached hydrogens (tertiary/aromatic N) is 1. The molecule has 0 aliphatic rings. The van der Waals surface area contributed by atoms with Crippen LogP contribution in [0.15, 0.2) is 18.2 Å². The molecule has 0 aliphatic heterocycles. The summed E-state index contributed by atoms with van der Waals surface area (Å²) in [6.45, 7) is 12.5. The maximum absolute atomic E-state index is 12.3. The van der Waals surface area contributed by atoms with E-state index in [0.717, 1.165) is 16.9 Å². The molecular formula is C18H30N2O3. The van der Waals surface area contributed by atoms with Crippen LogP contribution in [-0.4, -0.2) is 40.8 Å². The molecule has 1 aromatic carbocycles. The lowest BCUT2D eigenvalue weighted by atomic mass is 10.1. The highest BCUT2D eigenvalue weighted by molar-refractivity contribution is 5.74. The van der Waals surface area contributed by atoms with Gasteiger partial charge in [0.2, 0.25) is 0 Å². The molecule has 2 N–H and O–H groups in total. The first-order valence-corrected chi connectivity index (χ1v) is 8.13. The van der Waals surface area contributed by atoms with Crippen molar-refractivity contribution in [3.05, 3.63) is 29.3 Å². The number of aliphatic hydroxyl groups is 1. The van der Waals surface area contributed by atoms with Crippen molar-refractivity contribution in [2.75, 3.05) is 13.1 Å². The van der Waals surface area contributed by atoms with Crippen LogP contribution in [0, 0.1) is 6.92 Å². The number of carbonyl (C=O) groups excluding carboxylic acids is 1. The van der Waals surface area contributed by atoms with E-state index in [4.69, 9.17) is 4.74 Å². The van der Waals surface area contributed by atoms with Crippen molar-refractivity contribution < 1.29 is 14.6 Å². The molecule has 23 heavy (non-hydrogen) atoms. The molecular weight excluding hydrogens is 292 g/mol. The van der Waals surface area contributed by atoms with Gasteiger partial charge >= 0.3 is 6.03 Å². The number of likely N-dealkylation sites (N-methyl/N-ethyl adjacent to an activating group) is 1. The number of rotatable bonds is 7. The Labute approximate surface area is 139 Å². The van der Waals surface area contributed by atoms with Gasteiger partial charge in [0.25, 0.3) is 0 Å². The van der Waals surface area contributed by atoms with Crippen molar-refractivity contribution in [2.45, 2.75) is 59.8 Å². The van der Waals surface area contributed by atoms with Gasteiger partial charge in [-0.25, -0.2) is 4.79 Å². The molecule has 2 amide bonds. The van der Waals surface area contributed by atoms with Gasteiger partial charge in [-0.2, -0.15) is 0 Å². The van der Waals surface area contributed by atoms with Crippen LogP contribution < -0.4 is 10.1 Å². The average Bonchev–Trinajstić information content (AvgIpc) is 2.42. The molecule has 5 heteroatoms. The molecule has 0 unspecified atom stereocenters. The van der Waals surface area contributed by atoms with Gasteiger partial charge in [-0.05, 0) is 53.2 Å². The summed E-state index contributed by atoms with van der Waals surface area (Å²) in [4.78, 5) is 13.9. The molecule has 0 atom stereocenters. The first-order valence-electron chi connectivity index (χ1n) is 8.13. The Hall–Kier alpha value is -1.75. The van der Waals surface area contributed by atoms with Gasteiger partial charge in [-0.15, -0.1) is 0 Å². The summed E-state index contributed by atoms with van der Waals surface area (Å²) in [5, 5.41) is 12.8. The van der Waals surface area contributed by atoms with Gasteiger partial charge in [0.05, 0.1) is 18.2 Å². The lowest BCUT2D eigenvalue weighted by molar-refractivity contribution is 0.0479. The van der Waals surface area contributed by atoms with Gasteiger partial charge < -0.3 is 20.1 Å². The molecule has 0 bridgehead atoms. The van der Waals surface area contributed by atoms with Crippen molar-refractivity contribution >= 4 is 6.03 Å². The number of aryl methyl sites for hydroxylation is 1. The minimum absolute atomic E-state index is 0.0774. The predicted octanol–water partition coefficient (Wildman–Crippen LogP) is 3.08. The van der Waals surface area contributed by atoms with E-state index in [-0.39, 0.29) is 12.1 Å². The molecule has 0 radical (unpaired) electrons. The summed E-state index contributed by atoms with van der Waals surface area (Å²) >= 11 is 0. The molecule has 1 rings (SSSR count). The summed E-state index contributed by atoms with van der Waals surface area (Å²) in [6, 6.07) is 5.77. The van der Waals surface area contributed by atoms with E-state index < -0.39 is 5.60 Å². The lowest BCUT2D eigenvalue weighted by Gasteiger charge is -2.28. The predicted molar refractivity (Wildman–Crippen MR) is 92.7 cm³/mol. The van der Waals surface area contributed by atoms with Crippen molar-refractivity contribution in [1.29, 1.82) is 0 Å². The molecule has 1 aromatic rings. The van der Waals surface area contributed by atoms with Crippen LogP contribution >= 0.6 is 0 Å². The van der Waals surface area contributed by atoms with Crippen LogP contribution in [0.3, 0.4) is 0 Å². The Balaban J connectivity index is 2.75. The first-order chi connectivity index (χ1) is 10.6. The van der Waals surface area contributed by atoms with Crippen LogP contribution in [-0.2, 0) is 6.54 Å². The van der Waals surface area contributed by atoms with E-state index in [9.17, 15) is 9.90 Å². The van der Waals surface area contributed by atoms with E-state index in [1.54, 1.807) is 18.7 Å². The second-order valence-corrected chi connectivity index (χ2v) is 6.76. The van der Waals surface area contributed by atoms with Gasteiger partial charge in [0, 0.05) is 18.7 Å². The number of benzene rings is 1. The highest BCUT2D eigenvalue weighted by atomic mass is 16.5. The average molecular weight is 322 g/mol. The zero-order chi connectivity index (χ0) is 17.6. The van der Waals surface area contributed by atoms with Crippen molar-refractivity contribution in [2.24, 2.45) is 0 Å². The molecule has 0 saturated heterocycles. The first kappa shape index (κ1) is 19.3. The molecule has 0 aliphatic carbocycles. The third kappa shape index (κ3) is 6.91. The van der Waals surface area contributed by atoms with E-state index in [1.165, 1.54) is 0 Å². The number of urea groups is 1. The quantitative estimate of drug-likeness (QED) is 0.811. The Kier molecular flexibility index (Phi) is 6.88. The Morgan fingerprint density at radius 3 is 2.57 bits per heavy atom. The standard InChI is InChI=1S/C18H30N2O3/c1-7-20(12-18(5,6)22)17(21)19-11-15-9-8-14(4)10-16(15)23-13(2)3/h8-10,13,22H,7,11-12H2,1-6H3,(H,19,21). The van der Waals surface area contributed by atoms with Gasteiger partial charge in [0.15, 0.2) is 0 Å². The number of amides is 2. The second kappa shape index (κ2) is 8.20. The molecule has 0 aromatic heterocycles. The summed E-state index contributed by atoms with van der Waals surface area (Å²) in [6.07, 6.45) is 0.0774. The van der Waals surface area contributed by atoms with Crippen molar-refractivity contribution in [1.82, 2.24) is 10.2 Å². The van der Waals surface area contributed by atoms with Crippen LogP contribution in [0.5, 0.6) is 5.75 Å². The lowest BCUT2D eigenvalue weighted by Crippen LogP contribution is -2.46. The summed E-state index contributed by atoms with van der Waals surface area (Å²) in [5.41, 5.74) is 1.15. The molecule has 5 nitrogen and oxygen atoms in total. The topological polar surface area (TPSA) is 61.8 Å². The molecule has 0 fully saturated rings. The van der Waals surface area contributed by atoms with E-state index in [1.807, 2.05) is 45.9 Å². The third-order valence-corrected chi connectivity index (χ3v) is 3.26. The van der Waals surface area contributed by atoms with Gasteiger partial charge in [-0.1, -0.05) is 12.1 Å². The largest absolute Gasteiger partial charge is 0.491 e. The zero-order valence-electron chi connectivity index (χ0n) is 15.1. The Bertz CT molecular complexity index is 521. The Morgan fingerprint density at radius 1 is 1.39 bits per heavy atom. The molecule has 130 valence electrons. The van der Waals surface area contributed by atoms with Crippen LogP contribution in [0.4, 0.5) is 4.79 Å². The van der Waals surface area contributed by atoms with Crippen molar-refractivity contribution in [3.63, 3.8) is 0 Å². The highest BCUT2D eigenvalue weighted by Gasteiger charge is 2.21. The monoisotopic (exact) mass is 322 g/mol. The minimum Gasteiger partial charge on any atom is -0.491 e.